The van der Waals surface area contributed by atoms with Gasteiger partial charge in [0.1, 0.15) is 0 Å². The van der Waals surface area contributed by atoms with Gasteiger partial charge in [0.05, 0.1) is 11.1 Å². The first-order valence-corrected chi connectivity index (χ1v) is 6.50. The molecule has 0 aromatic heterocycles. The number of anilines is 1. The molecular formula is C10H8Br2ClNO. The predicted octanol–water partition coefficient (Wildman–Crippen LogP) is 3.56. The summed E-state index contributed by atoms with van der Waals surface area (Å²) in [7, 11) is 0. The normalized spacial score (nSPS) is 21.1. The lowest BCUT2D eigenvalue weighted by Gasteiger charge is -2.19. The molecule has 1 amide bonds. The fourth-order valence-corrected chi connectivity index (χ4v) is 3.32. The van der Waals surface area contributed by atoms with Gasteiger partial charge in [-0.25, -0.2) is 0 Å². The van der Waals surface area contributed by atoms with Crippen LogP contribution in [0.5, 0.6) is 0 Å². The average molecular weight is 353 g/mol. The monoisotopic (exact) mass is 351 g/mol. The third kappa shape index (κ3) is 2.22. The molecule has 2 nitrogen and oxygen atoms in total. The molecule has 1 aromatic rings. The summed E-state index contributed by atoms with van der Waals surface area (Å²) in [6, 6.07) is 5.74. The van der Waals surface area contributed by atoms with Crippen LogP contribution in [0.1, 0.15) is 6.42 Å². The van der Waals surface area contributed by atoms with E-state index in [0.717, 1.165) is 14.6 Å². The van der Waals surface area contributed by atoms with E-state index in [-0.39, 0.29) is 11.3 Å². The Kier molecular flexibility index (Phi) is 3.38. The van der Waals surface area contributed by atoms with Gasteiger partial charge in [-0.2, -0.15) is 0 Å². The van der Waals surface area contributed by atoms with Gasteiger partial charge >= 0.3 is 0 Å². The molecule has 0 radical (unpaired) electrons. The van der Waals surface area contributed by atoms with E-state index in [9.17, 15) is 4.79 Å². The molecule has 0 N–H and O–H groups in total. The van der Waals surface area contributed by atoms with Crippen molar-refractivity contribution in [3.05, 3.63) is 27.1 Å². The molecule has 80 valence electrons. The third-order valence-corrected chi connectivity index (χ3v) is 3.86. The van der Waals surface area contributed by atoms with Crippen LogP contribution >= 0.6 is 43.5 Å². The van der Waals surface area contributed by atoms with Gasteiger partial charge in [0.15, 0.2) is 0 Å². The molecule has 1 aliphatic rings. The largest absolute Gasteiger partial charge is 0.309 e. The number of carbonyl (C=O) groups excluding carboxylic acids is 1. The van der Waals surface area contributed by atoms with E-state index in [1.54, 1.807) is 4.90 Å². The topological polar surface area (TPSA) is 20.3 Å². The van der Waals surface area contributed by atoms with Crippen molar-refractivity contribution in [1.29, 1.82) is 0 Å². The highest BCUT2D eigenvalue weighted by atomic mass is 79.9. The van der Waals surface area contributed by atoms with Gasteiger partial charge in [-0.1, -0.05) is 6.07 Å². The summed E-state index contributed by atoms with van der Waals surface area (Å²) >= 11 is 12.8. The van der Waals surface area contributed by atoms with Crippen molar-refractivity contribution in [1.82, 2.24) is 0 Å². The second kappa shape index (κ2) is 4.44. The second-order valence-electron chi connectivity index (χ2n) is 3.38. The third-order valence-electron chi connectivity index (χ3n) is 2.29. The van der Waals surface area contributed by atoms with Crippen molar-refractivity contribution in [3.63, 3.8) is 0 Å². The highest BCUT2D eigenvalue weighted by Gasteiger charge is 2.31. The average Bonchev–Trinajstić information content (AvgIpc) is 2.45. The molecule has 1 heterocycles. The number of rotatable bonds is 1. The first-order chi connectivity index (χ1) is 7.09. The minimum atomic E-state index is -0.0866. The zero-order valence-electron chi connectivity index (χ0n) is 7.71. The van der Waals surface area contributed by atoms with Crippen molar-refractivity contribution in [3.8, 4) is 0 Å². The Bertz CT molecular complexity index is 390. The van der Waals surface area contributed by atoms with Crippen LogP contribution in [0.15, 0.2) is 27.1 Å². The van der Waals surface area contributed by atoms with Gasteiger partial charge < -0.3 is 4.90 Å². The summed E-state index contributed by atoms with van der Waals surface area (Å²) in [6.45, 7) is 0.571. The maximum atomic E-state index is 11.7. The van der Waals surface area contributed by atoms with Crippen molar-refractivity contribution in [2.75, 3.05) is 11.4 Å². The molecule has 0 aliphatic carbocycles. The lowest BCUT2D eigenvalue weighted by molar-refractivity contribution is -0.117. The number of halogens is 3. The van der Waals surface area contributed by atoms with Crippen LogP contribution < -0.4 is 4.90 Å². The van der Waals surface area contributed by atoms with Crippen LogP contribution in [0, 0.1) is 0 Å². The fourth-order valence-electron chi connectivity index (χ4n) is 1.63. The van der Waals surface area contributed by atoms with Crippen molar-refractivity contribution in [2.45, 2.75) is 11.8 Å². The van der Waals surface area contributed by atoms with E-state index < -0.39 is 0 Å². The molecule has 2 rings (SSSR count). The number of alkyl halides is 1. The molecule has 1 atom stereocenters. The Morgan fingerprint density at radius 1 is 1.33 bits per heavy atom. The van der Waals surface area contributed by atoms with E-state index in [2.05, 4.69) is 31.9 Å². The fraction of sp³-hybridized carbons (Fsp3) is 0.300. The molecule has 1 aliphatic heterocycles. The zero-order chi connectivity index (χ0) is 11.0. The van der Waals surface area contributed by atoms with Gasteiger partial charge in [0.25, 0.3) is 0 Å². The van der Waals surface area contributed by atoms with Crippen LogP contribution in [0.4, 0.5) is 5.69 Å². The minimum Gasteiger partial charge on any atom is -0.309 e. The van der Waals surface area contributed by atoms with Crippen LogP contribution in [-0.4, -0.2) is 17.8 Å². The summed E-state index contributed by atoms with van der Waals surface area (Å²) in [5.74, 6) is 0.0719. The molecule has 1 aromatic carbocycles. The maximum Gasteiger partial charge on any atom is 0.228 e. The number of benzene rings is 1. The van der Waals surface area contributed by atoms with Gasteiger partial charge in [0, 0.05) is 21.9 Å². The lowest BCUT2D eigenvalue weighted by Crippen LogP contribution is -2.25. The van der Waals surface area contributed by atoms with E-state index in [1.165, 1.54) is 0 Å². The van der Waals surface area contributed by atoms with E-state index >= 15 is 0 Å². The first kappa shape index (κ1) is 11.4. The van der Waals surface area contributed by atoms with Gasteiger partial charge in [-0.05, 0) is 44.0 Å². The van der Waals surface area contributed by atoms with E-state index in [4.69, 9.17) is 11.6 Å². The highest BCUT2D eigenvalue weighted by molar-refractivity contribution is 9.11. The summed E-state index contributed by atoms with van der Waals surface area (Å²) in [4.78, 5) is 13.4. The smallest absolute Gasteiger partial charge is 0.228 e. The van der Waals surface area contributed by atoms with E-state index in [1.807, 2.05) is 18.2 Å². The Labute approximate surface area is 110 Å². The summed E-state index contributed by atoms with van der Waals surface area (Å²) in [5.41, 5.74) is 0.866. The molecule has 15 heavy (non-hydrogen) atoms. The zero-order valence-corrected chi connectivity index (χ0v) is 11.6. The Hall–Kier alpha value is -0.0600. The number of nitrogens with zero attached hydrogens (tertiary/aromatic N) is 1. The lowest BCUT2D eigenvalue weighted by atomic mass is 10.3. The van der Waals surface area contributed by atoms with Crippen LogP contribution in [0.2, 0.25) is 0 Å². The Morgan fingerprint density at radius 3 is 2.40 bits per heavy atom. The van der Waals surface area contributed by atoms with Crippen molar-refractivity contribution < 1.29 is 4.79 Å². The first-order valence-electron chi connectivity index (χ1n) is 4.48. The molecular weight excluding hydrogens is 345 g/mol. The predicted molar refractivity (Wildman–Crippen MR) is 68.5 cm³/mol. The highest BCUT2D eigenvalue weighted by Crippen LogP contribution is 2.36. The number of hydrogen-bond acceptors (Lipinski definition) is 1. The number of amides is 1. The molecule has 1 unspecified atom stereocenters. The Morgan fingerprint density at radius 2 is 1.93 bits per heavy atom. The summed E-state index contributed by atoms with van der Waals surface area (Å²) in [6.07, 6.45) is 0.412. The van der Waals surface area contributed by atoms with Crippen molar-refractivity contribution >= 4 is 55.1 Å². The molecule has 1 fully saturated rings. The molecule has 5 heteroatoms. The Balaban J connectivity index is 2.41. The van der Waals surface area contributed by atoms with Gasteiger partial charge in [0.2, 0.25) is 5.91 Å². The van der Waals surface area contributed by atoms with Crippen molar-refractivity contribution in [2.24, 2.45) is 0 Å². The number of para-hydroxylation sites is 1. The number of carbonyl (C=O) groups is 1. The maximum absolute atomic E-state index is 11.7. The molecule has 0 saturated carbocycles. The summed E-state index contributed by atoms with van der Waals surface area (Å²) < 4.78 is 1.80. The molecule has 0 spiro atoms. The van der Waals surface area contributed by atoms with E-state index in [0.29, 0.717) is 13.0 Å². The minimum absolute atomic E-state index is 0.0719. The van der Waals surface area contributed by atoms with Gasteiger partial charge in [-0.3, -0.25) is 4.79 Å². The number of hydrogen-bond donors (Lipinski definition) is 0. The standard InChI is InChI=1S/C10H8Br2ClNO/c11-7-2-1-3-8(12)10(7)14-5-6(13)4-9(14)15/h1-3,6H,4-5H2. The quantitative estimate of drug-likeness (QED) is 0.707. The van der Waals surface area contributed by atoms with Gasteiger partial charge in [-0.15, -0.1) is 11.6 Å². The van der Waals surface area contributed by atoms with Crippen LogP contribution in [0.3, 0.4) is 0 Å². The van der Waals surface area contributed by atoms with Crippen LogP contribution in [0.25, 0.3) is 0 Å². The molecule has 0 bridgehead atoms. The second-order valence-corrected chi connectivity index (χ2v) is 5.70. The molecule has 1 saturated heterocycles. The van der Waals surface area contributed by atoms with Crippen LogP contribution in [-0.2, 0) is 4.79 Å². The summed E-state index contributed by atoms with van der Waals surface area (Å²) in [5, 5.41) is -0.0866. The SMILES string of the molecule is O=C1CC(Cl)CN1c1c(Br)cccc1Br.